The summed E-state index contributed by atoms with van der Waals surface area (Å²) in [4.78, 5) is 12.3. The molecule has 2 N–H and O–H groups in total. The van der Waals surface area contributed by atoms with E-state index in [0.717, 1.165) is 18.9 Å². The van der Waals surface area contributed by atoms with Crippen molar-refractivity contribution in [2.75, 3.05) is 5.32 Å². The van der Waals surface area contributed by atoms with Crippen molar-refractivity contribution < 1.29 is 13.2 Å². The van der Waals surface area contributed by atoms with Crippen LogP contribution < -0.4 is 10.0 Å². The SMILES string of the molecule is O=C(Nc1ccc(Cl)cc1Cl)c1cc(S(=O)(=O)NC2CC2)c(Cl)cc1Cl. The van der Waals surface area contributed by atoms with E-state index in [1.165, 1.54) is 18.2 Å². The number of carbonyl (C=O) groups excluding carboxylic acids is 1. The molecule has 0 spiro atoms. The van der Waals surface area contributed by atoms with E-state index >= 15 is 0 Å². The standard InChI is InChI=1S/C16H12Cl4N2O3S/c17-8-1-4-14(12(19)5-8)21-16(23)10-6-15(13(20)7-11(10)18)26(24,25)22-9-2-3-9/h1,4-7,9,22H,2-3H2,(H,21,23). The zero-order chi connectivity index (χ0) is 19.1. The highest BCUT2D eigenvalue weighted by atomic mass is 35.5. The summed E-state index contributed by atoms with van der Waals surface area (Å²) in [5, 5.41) is 3.17. The Kier molecular flexibility index (Phi) is 5.72. The van der Waals surface area contributed by atoms with Gasteiger partial charge in [-0.25, -0.2) is 13.1 Å². The Labute approximate surface area is 170 Å². The summed E-state index contributed by atoms with van der Waals surface area (Å²) in [6.07, 6.45) is 1.54. The van der Waals surface area contributed by atoms with Crippen molar-refractivity contribution in [1.29, 1.82) is 0 Å². The number of halogens is 4. The number of hydrogen-bond donors (Lipinski definition) is 2. The minimum Gasteiger partial charge on any atom is -0.321 e. The molecule has 0 heterocycles. The zero-order valence-corrected chi connectivity index (χ0v) is 16.9. The normalized spacial score (nSPS) is 14.3. The van der Waals surface area contributed by atoms with Crippen LogP contribution in [0.5, 0.6) is 0 Å². The van der Waals surface area contributed by atoms with Gasteiger partial charge in [-0.15, -0.1) is 0 Å². The Morgan fingerprint density at radius 2 is 1.65 bits per heavy atom. The van der Waals surface area contributed by atoms with Crippen molar-refractivity contribution in [3.05, 3.63) is 56.0 Å². The lowest BCUT2D eigenvalue weighted by Gasteiger charge is -2.12. The second-order valence-electron chi connectivity index (χ2n) is 5.74. The van der Waals surface area contributed by atoms with E-state index in [-0.39, 0.29) is 31.6 Å². The molecule has 138 valence electrons. The Balaban J connectivity index is 1.93. The van der Waals surface area contributed by atoms with Crippen molar-refractivity contribution in [2.24, 2.45) is 0 Å². The molecule has 2 aromatic rings. The predicted octanol–water partition coefficient (Wildman–Crippen LogP) is 4.99. The van der Waals surface area contributed by atoms with E-state index in [2.05, 4.69) is 10.0 Å². The number of carbonyl (C=O) groups is 1. The van der Waals surface area contributed by atoms with Gasteiger partial charge in [0, 0.05) is 11.1 Å². The van der Waals surface area contributed by atoms with Crippen LogP contribution in [0.1, 0.15) is 23.2 Å². The van der Waals surface area contributed by atoms with Gasteiger partial charge in [0.15, 0.2) is 0 Å². The van der Waals surface area contributed by atoms with Crippen molar-refractivity contribution in [2.45, 2.75) is 23.8 Å². The van der Waals surface area contributed by atoms with Crippen molar-refractivity contribution in [3.63, 3.8) is 0 Å². The van der Waals surface area contributed by atoms with Crippen LogP contribution in [0.3, 0.4) is 0 Å². The van der Waals surface area contributed by atoms with E-state index < -0.39 is 15.9 Å². The van der Waals surface area contributed by atoms with E-state index in [4.69, 9.17) is 46.4 Å². The van der Waals surface area contributed by atoms with Gasteiger partial charge in [0.1, 0.15) is 4.90 Å². The first-order chi connectivity index (χ1) is 12.2. The van der Waals surface area contributed by atoms with Gasteiger partial charge >= 0.3 is 0 Å². The van der Waals surface area contributed by atoms with Crippen LogP contribution >= 0.6 is 46.4 Å². The van der Waals surface area contributed by atoms with Crippen LogP contribution in [-0.2, 0) is 10.0 Å². The molecule has 10 heteroatoms. The van der Waals surface area contributed by atoms with E-state index in [9.17, 15) is 13.2 Å². The van der Waals surface area contributed by atoms with Crippen molar-refractivity contribution in [3.8, 4) is 0 Å². The summed E-state index contributed by atoms with van der Waals surface area (Å²) in [6, 6.07) is 6.83. The monoisotopic (exact) mass is 452 g/mol. The molecule has 0 aromatic heterocycles. The summed E-state index contributed by atoms with van der Waals surface area (Å²) < 4.78 is 27.4. The third-order valence-corrected chi connectivity index (χ3v) is 6.48. The molecule has 1 aliphatic rings. The fourth-order valence-electron chi connectivity index (χ4n) is 2.17. The first-order valence-corrected chi connectivity index (χ1v) is 10.4. The Bertz CT molecular complexity index is 991. The molecule has 5 nitrogen and oxygen atoms in total. The lowest BCUT2D eigenvalue weighted by atomic mass is 10.2. The molecule has 0 aliphatic heterocycles. The molecule has 26 heavy (non-hydrogen) atoms. The number of anilines is 1. The summed E-state index contributed by atoms with van der Waals surface area (Å²) >= 11 is 24.0. The quantitative estimate of drug-likeness (QED) is 0.669. The van der Waals surface area contributed by atoms with Gasteiger partial charge in [-0.1, -0.05) is 46.4 Å². The maximum Gasteiger partial charge on any atom is 0.257 e. The maximum absolute atomic E-state index is 12.6. The highest BCUT2D eigenvalue weighted by Crippen LogP contribution is 2.32. The van der Waals surface area contributed by atoms with Gasteiger partial charge in [0.25, 0.3) is 5.91 Å². The highest BCUT2D eigenvalue weighted by molar-refractivity contribution is 7.89. The summed E-state index contributed by atoms with van der Waals surface area (Å²) in [5.74, 6) is -0.626. The van der Waals surface area contributed by atoms with Gasteiger partial charge in [-0.05, 0) is 43.2 Å². The first-order valence-electron chi connectivity index (χ1n) is 7.45. The third kappa shape index (κ3) is 4.44. The molecule has 3 rings (SSSR count). The van der Waals surface area contributed by atoms with Crippen LogP contribution in [0.2, 0.25) is 20.1 Å². The molecule has 0 atom stereocenters. The molecule has 1 fully saturated rings. The maximum atomic E-state index is 12.6. The molecule has 0 saturated heterocycles. The van der Waals surface area contributed by atoms with Crippen LogP contribution in [0.25, 0.3) is 0 Å². The molecule has 2 aromatic carbocycles. The number of nitrogens with one attached hydrogen (secondary N) is 2. The Morgan fingerprint density at radius 3 is 2.27 bits per heavy atom. The molecular weight excluding hydrogens is 442 g/mol. The summed E-state index contributed by atoms with van der Waals surface area (Å²) in [5.41, 5.74) is 0.269. The average molecular weight is 454 g/mol. The van der Waals surface area contributed by atoms with Gasteiger partial charge in [-0.2, -0.15) is 0 Å². The Morgan fingerprint density at radius 1 is 0.962 bits per heavy atom. The van der Waals surface area contributed by atoms with Crippen LogP contribution in [0.4, 0.5) is 5.69 Å². The van der Waals surface area contributed by atoms with Crippen molar-refractivity contribution in [1.82, 2.24) is 4.72 Å². The predicted molar refractivity (Wildman–Crippen MR) is 104 cm³/mol. The zero-order valence-electron chi connectivity index (χ0n) is 13.0. The third-order valence-electron chi connectivity index (χ3n) is 3.63. The number of amides is 1. The molecule has 0 unspecified atom stereocenters. The second kappa shape index (κ2) is 7.54. The second-order valence-corrected chi connectivity index (χ2v) is 9.08. The number of rotatable bonds is 5. The highest BCUT2D eigenvalue weighted by Gasteiger charge is 2.30. The smallest absolute Gasteiger partial charge is 0.257 e. The minimum absolute atomic E-state index is 0.0166. The van der Waals surface area contributed by atoms with E-state index in [0.29, 0.717) is 10.7 Å². The van der Waals surface area contributed by atoms with Gasteiger partial charge in [0.05, 0.1) is 26.3 Å². The van der Waals surface area contributed by atoms with Crippen LogP contribution in [0, 0.1) is 0 Å². The topological polar surface area (TPSA) is 75.3 Å². The largest absolute Gasteiger partial charge is 0.321 e. The lowest BCUT2D eigenvalue weighted by Crippen LogP contribution is -2.26. The molecule has 1 aliphatic carbocycles. The average Bonchev–Trinajstić information content (AvgIpc) is 3.33. The summed E-state index contributed by atoms with van der Waals surface area (Å²) in [6.45, 7) is 0. The molecule has 0 bridgehead atoms. The fraction of sp³-hybridized carbons (Fsp3) is 0.188. The van der Waals surface area contributed by atoms with Gasteiger partial charge < -0.3 is 5.32 Å². The minimum atomic E-state index is -3.85. The van der Waals surface area contributed by atoms with Gasteiger partial charge in [0.2, 0.25) is 10.0 Å². The van der Waals surface area contributed by atoms with E-state index in [1.54, 1.807) is 6.07 Å². The molecule has 1 amide bonds. The number of sulfonamides is 1. The molecule has 0 radical (unpaired) electrons. The number of hydrogen-bond acceptors (Lipinski definition) is 3. The first kappa shape index (κ1) is 19.7. The van der Waals surface area contributed by atoms with Crippen molar-refractivity contribution >= 4 is 68.0 Å². The van der Waals surface area contributed by atoms with E-state index in [1.807, 2.05) is 0 Å². The summed E-state index contributed by atoms with van der Waals surface area (Å²) in [7, 11) is -3.85. The Hall–Kier alpha value is -1.02. The molecule has 1 saturated carbocycles. The number of benzene rings is 2. The van der Waals surface area contributed by atoms with Crippen LogP contribution in [-0.4, -0.2) is 20.4 Å². The lowest BCUT2D eigenvalue weighted by molar-refractivity contribution is 0.102. The molecular formula is C16H12Cl4N2O3S. The van der Waals surface area contributed by atoms with Gasteiger partial charge in [-0.3, -0.25) is 4.79 Å². The van der Waals surface area contributed by atoms with Crippen LogP contribution in [0.15, 0.2) is 35.2 Å². The fourth-order valence-corrected chi connectivity index (χ4v) is 4.79.